The second-order valence-corrected chi connectivity index (χ2v) is 6.88. The zero-order chi connectivity index (χ0) is 18.4. The van der Waals surface area contributed by atoms with Crippen molar-refractivity contribution in [1.82, 2.24) is 25.2 Å². The van der Waals surface area contributed by atoms with Gasteiger partial charge in [-0.15, -0.1) is 17.5 Å². The van der Waals surface area contributed by atoms with Crippen LogP contribution >= 0.6 is 12.4 Å². The molecule has 10 heteroatoms. The highest BCUT2D eigenvalue weighted by Gasteiger charge is 2.29. The van der Waals surface area contributed by atoms with E-state index in [1.54, 1.807) is 11.1 Å². The number of halogens is 1. The minimum Gasteiger partial charge on any atom is -0.481 e. The van der Waals surface area contributed by atoms with Gasteiger partial charge in [0.2, 0.25) is 5.91 Å². The maximum absolute atomic E-state index is 12.9. The summed E-state index contributed by atoms with van der Waals surface area (Å²) in [6, 6.07) is -0.912. The standard InChI is InChI=1S/C16H28N6O3.ClH/c1-11(2)9-12(17)13-10-22(20-19-13)14(3-4-15(23)24)16(25)21-7-5-18-6-8-21;/h10-12,14,18H,3-9,17H2,1-2H3,(H,23,24);1H/t12?,14-;/m0./s1. The Balaban J connectivity index is 0.00000338. The predicted molar refractivity (Wildman–Crippen MR) is 99.0 cm³/mol. The first-order valence-electron chi connectivity index (χ1n) is 8.77. The van der Waals surface area contributed by atoms with Crippen molar-refractivity contribution in [2.75, 3.05) is 26.2 Å². The molecule has 0 aliphatic carbocycles. The molecule has 2 atom stereocenters. The second kappa shape index (κ2) is 10.4. The zero-order valence-corrected chi connectivity index (χ0v) is 16.1. The molecule has 1 fully saturated rings. The summed E-state index contributed by atoms with van der Waals surface area (Å²) in [6.07, 6.45) is 2.53. The van der Waals surface area contributed by atoms with Gasteiger partial charge in [0.05, 0.1) is 17.9 Å². The largest absolute Gasteiger partial charge is 0.481 e. The van der Waals surface area contributed by atoms with Crippen molar-refractivity contribution in [2.45, 2.75) is 45.2 Å². The summed E-state index contributed by atoms with van der Waals surface area (Å²) in [5.74, 6) is -0.628. The Labute approximate surface area is 159 Å². The Kier molecular flexibility index (Phi) is 8.97. The highest BCUT2D eigenvalue weighted by Crippen LogP contribution is 2.21. The summed E-state index contributed by atoms with van der Waals surface area (Å²) in [4.78, 5) is 25.6. The lowest BCUT2D eigenvalue weighted by atomic mass is 10.0. The van der Waals surface area contributed by atoms with E-state index in [1.807, 2.05) is 0 Å². The Bertz CT molecular complexity index is 588. The maximum Gasteiger partial charge on any atom is 0.303 e. The molecule has 2 rings (SSSR count). The Morgan fingerprint density at radius 1 is 1.35 bits per heavy atom. The zero-order valence-electron chi connectivity index (χ0n) is 15.3. The summed E-state index contributed by atoms with van der Waals surface area (Å²) in [6.45, 7) is 6.84. The van der Waals surface area contributed by atoms with E-state index in [2.05, 4.69) is 29.5 Å². The Hall–Kier alpha value is -1.71. The number of carboxylic acids is 1. The first kappa shape index (κ1) is 22.3. The van der Waals surface area contributed by atoms with Crippen molar-refractivity contribution in [1.29, 1.82) is 0 Å². The number of nitrogens with one attached hydrogen (secondary N) is 1. The van der Waals surface area contributed by atoms with E-state index in [4.69, 9.17) is 10.8 Å². The molecular formula is C16H29ClN6O3. The molecule has 26 heavy (non-hydrogen) atoms. The number of piperazine rings is 1. The van der Waals surface area contributed by atoms with Crippen molar-refractivity contribution in [3.8, 4) is 0 Å². The summed E-state index contributed by atoms with van der Waals surface area (Å²) in [5, 5.41) is 20.4. The van der Waals surface area contributed by atoms with Gasteiger partial charge in [0.1, 0.15) is 6.04 Å². The molecule has 1 aromatic heterocycles. The van der Waals surface area contributed by atoms with Crippen molar-refractivity contribution in [2.24, 2.45) is 11.7 Å². The molecule has 0 saturated carbocycles. The lowest BCUT2D eigenvalue weighted by Crippen LogP contribution is -2.48. The fraction of sp³-hybridized carbons (Fsp3) is 0.750. The highest BCUT2D eigenvalue weighted by atomic mass is 35.5. The number of rotatable bonds is 8. The molecule has 1 saturated heterocycles. The van der Waals surface area contributed by atoms with Gasteiger partial charge in [-0.1, -0.05) is 19.1 Å². The van der Waals surface area contributed by atoms with E-state index in [-0.39, 0.29) is 37.2 Å². The minimum atomic E-state index is -0.935. The van der Waals surface area contributed by atoms with Gasteiger partial charge in [0.25, 0.3) is 0 Å². The lowest BCUT2D eigenvalue weighted by Gasteiger charge is -2.30. The number of hydrogen-bond donors (Lipinski definition) is 3. The SMILES string of the molecule is CC(C)CC(N)c1cn([C@@H](CCC(=O)O)C(=O)N2CCNCC2)nn1.Cl. The number of hydrogen-bond acceptors (Lipinski definition) is 6. The number of carbonyl (C=O) groups is 2. The van der Waals surface area contributed by atoms with Gasteiger partial charge < -0.3 is 21.1 Å². The van der Waals surface area contributed by atoms with Gasteiger partial charge in [0.15, 0.2) is 0 Å². The van der Waals surface area contributed by atoms with E-state index >= 15 is 0 Å². The van der Waals surface area contributed by atoms with Crippen LogP contribution < -0.4 is 11.1 Å². The van der Waals surface area contributed by atoms with Gasteiger partial charge in [0, 0.05) is 32.6 Å². The summed E-state index contributed by atoms with van der Waals surface area (Å²) < 4.78 is 1.48. The molecule has 148 valence electrons. The van der Waals surface area contributed by atoms with Crippen molar-refractivity contribution < 1.29 is 14.7 Å². The average Bonchev–Trinajstić information content (AvgIpc) is 3.04. The van der Waals surface area contributed by atoms with Crippen LogP contribution in [0.4, 0.5) is 0 Å². The number of nitrogens with zero attached hydrogens (tertiary/aromatic N) is 4. The Morgan fingerprint density at radius 3 is 2.58 bits per heavy atom. The molecule has 2 heterocycles. The fourth-order valence-electron chi connectivity index (χ4n) is 2.97. The number of aliphatic carboxylic acids is 1. The third kappa shape index (κ3) is 6.22. The van der Waals surface area contributed by atoms with Gasteiger partial charge in [-0.3, -0.25) is 9.59 Å². The van der Waals surface area contributed by atoms with Gasteiger partial charge in [-0.05, 0) is 18.8 Å². The van der Waals surface area contributed by atoms with Crippen LogP contribution in [0.5, 0.6) is 0 Å². The number of carboxylic acid groups (broad SMARTS) is 1. The number of nitrogens with two attached hydrogens (primary N) is 1. The van der Waals surface area contributed by atoms with Gasteiger partial charge in [-0.2, -0.15) is 0 Å². The van der Waals surface area contributed by atoms with Gasteiger partial charge >= 0.3 is 5.97 Å². The molecule has 1 unspecified atom stereocenters. The van der Waals surface area contributed by atoms with E-state index in [9.17, 15) is 9.59 Å². The Morgan fingerprint density at radius 2 is 2.00 bits per heavy atom. The molecule has 0 bridgehead atoms. The molecule has 1 aromatic rings. The molecule has 0 spiro atoms. The molecule has 0 aromatic carbocycles. The van der Waals surface area contributed by atoms with E-state index in [0.29, 0.717) is 24.7 Å². The first-order chi connectivity index (χ1) is 11.9. The maximum atomic E-state index is 12.9. The van der Waals surface area contributed by atoms with Crippen molar-refractivity contribution >= 4 is 24.3 Å². The third-order valence-corrected chi connectivity index (χ3v) is 4.30. The number of amides is 1. The molecule has 1 aliphatic rings. The van der Waals surface area contributed by atoms with E-state index in [1.165, 1.54) is 4.68 Å². The molecule has 9 nitrogen and oxygen atoms in total. The van der Waals surface area contributed by atoms with Crippen LogP contribution in [0, 0.1) is 5.92 Å². The summed E-state index contributed by atoms with van der Waals surface area (Å²) in [5.41, 5.74) is 6.76. The third-order valence-electron chi connectivity index (χ3n) is 4.30. The van der Waals surface area contributed by atoms with Crippen LogP contribution in [-0.4, -0.2) is 63.1 Å². The normalized spacial score (nSPS) is 16.8. The van der Waals surface area contributed by atoms with Crippen LogP contribution in [0.25, 0.3) is 0 Å². The van der Waals surface area contributed by atoms with E-state index < -0.39 is 12.0 Å². The van der Waals surface area contributed by atoms with Crippen LogP contribution in [0.3, 0.4) is 0 Å². The topological polar surface area (TPSA) is 126 Å². The molecule has 4 N–H and O–H groups in total. The van der Waals surface area contributed by atoms with E-state index in [0.717, 1.165) is 19.5 Å². The minimum absolute atomic E-state index is 0. The van der Waals surface area contributed by atoms with Crippen molar-refractivity contribution in [3.05, 3.63) is 11.9 Å². The molecular weight excluding hydrogens is 360 g/mol. The monoisotopic (exact) mass is 388 g/mol. The second-order valence-electron chi connectivity index (χ2n) is 6.88. The van der Waals surface area contributed by atoms with Crippen LogP contribution in [0.1, 0.15) is 50.9 Å². The quantitative estimate of drug-likeness (QED) is 0.594. The molecule has 0 radical (unpaired) electrons. The van der Waals surface area contributed by atoms with Crippen LogP contribution in [0.2, 0.25) is 0 Å². The van der Waals surface area contributed by atoms with Crippen molar-refractivity contribution in [3.63, 3.8) is 0 Å². The average molecular weight is 389 g/mol. The van der Waals surface area contributed by atoms with Gasteiger partial charge in [-0.25, -0.2) is 4.68 Å². The predicted octanol–water partition coefficient (Wildman–Crippen LogP) is 0.584. The summed E-state index contributed by atoms with van der Waals surface area (Å²) >= 11 is 0. The van der Waals surface area contributed by atoms with Crippen LogP contribution in [0.15, 0.2) is 6.20 Å². The highest BCUT2D eigenvalue weighted by molar-refractivity contribution is 5.85. The lowest BCUT2D eigenvalue weighted by molar-refractivity contribution is -0.139. The smallest absolute Gasteiger partial charge is 0.303 e. The fourth-order valence-corrected chi connectivity index (χ4v) is 2.97. The summed E-state index contributed by atoms with van der Waals surface area (Å²) in [7, 11) is 0. The van der Waals surface area contributed by atoms with Crippen LogP contribution in [-0.2, 0) is 9.59 Å². The molecule has 1 amide bonds. The first-order valence-corrected chi connectivity index (χ1v) is 8.77. The number of carbonyl (C=O) groups excluding carboxylic acids is 1. The number of aromatic nitrogens is 3. The molecule has 1 aliphatic heterocycles.